The molecular formula is C13H10ClN3S. The molecule has 2 aromatic heterocycles. The van der Waals surface area contributed by atoms with E-state index in [9.17, 15) is 0 Å². The fraction of sp³-hybridized carbons (Fsp3) is 0.0769. The Morgan fingerprint density at radius 3 is 2.89 bits per heavy atom. The molecule has 3 nitrogen and oxygen atoms in total. The third kappa shape index (κ3) is 1.94. The summed E-state index contributed by atoms with van der Waals surface area (Å²) in [7, 11) is 0. The molecule has 2 heterocycles. The van der Waals surface area contributed by atoms with E-state index >= 15 is 0 Å². The number of aromatic amines is 1. The second-order valence-electron chi connectivity index (χ2n) is 3.97. The third-order valence-electron chi connectivity index (χ3n) is 2.79. The molecule has 0 spiro atoms. The van der Waals surface area contributed by atoms with Crippen molar-refractivity contribution in [1.82, 2.24) is 14.5 Å². The monoisotopic (exact) mass is 275 g/mol. The van der Waals surface area contributed by atoms with Gasteiger partial charge in [0, 0.05) is 6.20 Å². The Morgan fingerprint density at radius 1 is 1.22 bits per heavy atom. The van der Waals surface area contributed by atoms with Crippen LogP contribution in [0.3, 0.4) is 0 Å². The van der Waals surface area contributed by atoms with Gasteiger partial charge in [-0.15, -0.1) is 0 Å². The van der Waals surface area contributed by atoms with Crippen LogP contribution in [0.25, 0.3) is 11.0 Å². The summed E-state index contributed by atoms with van der Waals surface area (Å²) in [4.78, 5) is 7.46. The molecule has 0 saturated heterocycles. The van der Waals surface area contributed by atoms with Crippen LogP contribution in [0, 0.1) is 4.77 Å². The van der Waals surface area contributed by atoms with Crippen molar-refractivity contribution in [3.63, 3.8) is 0 Å². The molecular weight excluding hydrogens is 266 g/mol. The summed E-state index contributed by atoms with van der Waals surface area (Å²) >= 11 is 11.6. The quantitative estimate of drug-likeness (QED) is 0.722. The molecule has 3 aromatic rings. The first kappa shape index (κ1) is 11.4. The molecule has 0 radical (unpaired) electrons. The van der Waals surface area contributed by atoms with Crippen molar-refractivity contribution in [2.24, 2.45) is 0 Å². The molecule has 0 atom stereocenters. The highest BCUT2D eigenvalue weighted by atomic mass is 35.5. The number of benzene rings is 1. The van der Waals surface area contributed by atoms with E-state index in [1.807, 2.05) is 41.0 Å². The van der Waals surface area contributed by atoms with E-state index in [-0.39, 0.29) is 0 Å². The molecule has 3 rings (SSSR count). The number of hydrogen-bond acceptors (Lipinski definition) is 2. The molecule has 0 aliphatic rings. The molecule has 1 N–H and O–H groups in total. The van der Waals surface area contributed by atoms with Gasteiger partial charge in [0.25, 0.3) is 0 Å². The second-order valence-corrected chi connectivity index (χ2v) is 4.77. The van der Waals surface area contributed by atoms with E-state index in [0.29, 0.717) is 16.3 Å². The predicted octanol–water partition coefficient (Wildman–Crippen LogP) is 3.80. The van der Waals surface area contributed by atoms with Crippen LogP contribution in [-0.4, -0.2) is 14.5 Å². The molecule has 0 bridgehead atoms. The van der Waals surface area contributed by atoms with Gasteiger partial charge in [-0.05, 0) is 36.5 Å². The second kappa shape index (κ2) is 4.55. The first-order chi connectivity index (χ1) is 8.75. The fourth-order valence-corrected chi connectivity index (χ4v) is 2.52. The van der Waals surface area contributed by atoms with Crippen LogP contribution >= 0.6 is 23.8 Å². The van der Waals surface area contributed by atoms with Crippen molar-refractivity contribution in [3.8, 4) is 0 Å². The highest BCUT2D eigenvalue weighted by Crippen LogP contribution is 2.23. The maximum absolute atomic E-state index is 6.23. The Balaban J connectivity index is 2.17. The van der Waals surface area contributed by atoms with E-state index in [1.54, 1.807) is 6.20 Å². The normalized spacial score (nSPS) is 10.9. The average molecular weight is 276 g/mol. The smallest absolute Gasteiger partial charge is 0.178 e. The molecule has 0 saturated carbocycles. The molecule has 0 amide bonds. The highest BCUT2D eigenvalue weighted by molar-refractivity contribution is 7.71. The van der Waals surface area contributed by atoms with Crippen LogP contribution in [0.5, 0.6) is 0 Å². The number of H-pyrrole nitrogens is 1. The lowest BCUT2D eigenvalue weighted by atomic mass is 10.3. The van der Waals surface area contributed by atoms with Gasteiger partial charge in [0.05, 0.1) is 28.3 Å². The Kier molecular flexibility index (Phi) is 2.89. The zero-order valence-electron chi connectivity index (χ0n) is 9.43. The van der Waals surface area contributed by atoms with Gasteiger partial charge in [-0.2, -0.15) is 0 Å². The molecule has 0 aliphatic carbocycles. The zero-order chi connectivity index (χ0) is 12.5. The largest absolute Gasteiger partial charge is 0.331 e. The lowest BCUT2D eigenvalue weighted by molar-refractivity contribution is 0.785. The van der Waals surface area contributed by atoms with Crippen LogP contribution < -0.4 is 0 Å². The molecule has 18 heavy (non-hydrogen) atoms. The van der Waals surface area contributed by atoms with E-state index in [0.717, 1.165) is 16.7 Å². The van der Waals surface area contributed by atoms with Crippen LogP contribution in [0.4, 0.5) is 0 Å². The van der Waals surface area contributed by atoms with Crippen LogP contribution in [0.1, 0.15) is 5.69 Å². The number of nitrogens with one attached hydrogen (secondary N) is 1. The summed E-state index contributed by atoms with van der Waals surface area (Å²) in [5.74, 6) is 0. The van der Waals surface area contributed by atoms with E-state index in [2.05, 4.69) is 9.97 Å². The minimum absolute atomic E-state index is 0.614. The van der Waals surface area contributed by atoms with Gasteiger partial charge < -0.3 is 9.55 Å². The number of aromatic nitrogens is 3. The summed E-state index contributed by atoms with van der Waals surface area (Å²) < 4.78 is 2.62. The van der Waals surface area contributed by atoms with Gasteiger partial charge in [-0.1, -0.05) is 23.7 Å². The minimum atomic E-state index is 0.614. The van der Waals surface area contributed by atoms with Crippen molar-refractivity contribution in [3.05, 3.63) is 58.1 Å². The molecule has 1 aromatic carbocycles. The predicted molar refractivity (Wildman–Crippen MR) is 75.5 cm³/mol. The molecule has 0 aliphatic heterocycles. The number of para-hydroxylation sites is 1. The van der Waals surface area contributed by atoms with Crippen LogP contribution in [-0.2, 0) is 6.54 Å². The Bertz CT molecular complexity index is 746. The Hall–Kier alpha value is -1.65. The SMILES string of the molecule is S=c1[nH]c2cccc(Cl)c2n1Cc1ccccn1. The standard InChI is InChI=1S/C13H10ClN3S/c14-10-5-3-6-11-12(10)17(13(18)16-11)8-9-4-1-2-7-15-9/h1-7H,8H2,(H,16,18). The maximum atomic E-state index is 6.23. The van der Waals surface area contributed by atoms with E-state index in [4.69, 9.17) is 23.8 Å². The molecule has 90 valence electrons. The van der Waals surface area contributed by atoms with Gasteiger partial charge in [0.1, 0.15) is 0 Å². The summed E-state index contributed by atoms with van der Waals surface area (Å²) in [5.41, 5.74) is 2.83. The van der Waals surface area contributed by atoms with Gasteiger partial charge in [-0.25, -0.2) is 0 Å². The summed E-state index contributed by atoms with van der Waals surface area (Å²) in [6.45, 7) is 0.614. The zero-order valence-corrected chi connectivity index (χ0v) is 11.0. The third-order valence-corrected chi connectivity index (χ3v) is 3.42. The number of pyridine rings is 1. The number of imidazole rings is 1. The van der Waals surface area contributed by atoms with Crippen molar-refractivity contribution >= 4 is 34.9 Å². The highest BCUT2D eigenvalue weighted by Gasteiger charge is 2.08. The number of hydrogen-bond donors (Lipinski definition) is 1. The van der Waals surface area contributed by atoms with Crippen LogP contribution in [0.15, 0.2) is 42.6 Å². The number of halogens is 1. The van der Waals surface area contributed by atoms with Gasteiger partial charge in [-0.3, -0.25) is 4.98 Å². The fourth-order valence-electron chi connectivity index (χ4n) is 1.98. The summed E-state index contributed by atoms with van der Waals surface area (Å²) in [5, 5.41) is 0.691. The Morgan fingerprint density at radius 2 is 2.11 bits per heavy atom. The lowest BCUT2D eigenvalue weighted by Crippen LogP contribution is -2.01. The first-order valence-corrected chi connectivity index (χ1v) is 6.31. The molecule has 0 fully saturated rings. The van der Waals surface area contributed by atoms with E-state index in [1.165, 1.54) is 0 Å². The number of rotatable bonds is 2. The van der Waals surface area contributed by atoms with Gasteiger partial charge >= 0.3 is 0 Å². The summed E-state index contributed by atoms with van der Waals surface area (Å²) in [6, 6.07) is 11.6. The minimum Gasteiger partial charge on any atom is -0.331 e. The van der Waals surface area contributed by atoms with Crippen molar-refractivity contribution in [1.29, 1.82) is 0 Å². The average Bonchev–Trinajstić information content (AvgIpc) is 2.69. The number of nitrogens with zero attached hydrogens (tertiary/aromatic N) is 2. The van der Waals surface area contributed by atoms with Crippen molar-refractivity contribution in [2.45, 2.75) is 6.54 Å². The topological polar surface area (TPSA) is 33.6 Å². The van der Waals surface area contributed by atoms with Crippen molar-refractivity contribution < 1.29 is 0 Å². The summed E-state index contributed by atoms with van der Waals surface area (Å²) in [6.07, 6.45) is 1.77. The molecule has 5 heteroatoms. The van der Waals surface area contributed by atoms with Gasteiger partial charge in [0.15, 0.2) is 4.77 Å². The van der Waals surface area contributed by atoms with E-state index < -0.39 is 0 Å². The maximum Gasteiger partial charge on any atom is 0.178 e. The van der Waals surface area contributed by atoms with Crippen molar-refractivity contribution in [2.75, 3.05) is 0 Å². The van der Waals surface area contributed by atoms with Gasteiger partial charge in [0.2, 0.25) is 0 Å². The Labute approximate surface area is 114 Å². The van der Waals surface area contributed by atoms with Crippen LogP contribution in [0.2, 0.25) is 5.02 Å². The molecule has 0 unspecified atom stereocenters. The first-order valence-electron chi connectivity index (χ1n) is 5.52. The lowest BCUT2D eigenvalue weighted by Gasteiger charge is -2.04. The number of fused-ring (bicyclic) bond motifs is 1.